The Balaban J connectivity index is 1.73. The normalized spacial score (nSPS) is 12.2. The van der Waals surface area contributed by atoms with E-state index in [-0.39, 0.29) is 10.6 Å². The van der Waals surface area contributed by atoms with Gasteiger partial charge in [0.25, 0.3) is 0 Å². The molecule has 10 heteroatoms. The predicted molar refractivity (Wildman–Crippen MR) is 223 cm³/mol. The highest BCUT2D eigenvalue weighted by Gasteiger charge is 2.33. The molecule has 0 atom stereocenters. The van der Waals surface area contributed by atoms with Crippen LogP contribution in [-0.4, -0.2) is 22.6 Å². The van der Waals surface area contributed by atoms with Crippen molar-refractivity contribution < 1.29 is 35.0 Å². The number of ether oxygens (including phenoxy) is 2. The van der Waals surface area contributed by atoms with E-state index < -0.39 is 29.2 Å². The highest BCUT2D eigenvalue weighted by molar-refractivity contribution is 7.87. The van der Waals surface area contributed by atoms with Gasteiger partial charge in [0.05, 0.1) is 14.2 Å². The molecule has 8 nitrogen and oxygen atoms in total. The molecule has 0 bridgehead atoms. The molecule has 1 aromatic heterocycles. The van der Waals surface area contributed by atoms with Gasteiger partial charge in [0.2, 0.25) is 0 Å². The summed E-state index contributed by atoms with van der Waals surface area (Å²) in [4.78, 5) is 0.0366. The molecular formula is C45H51O8PS. The van der Waals surface area contributed by atoms with Gasteiger partial charge >= 0.3 is 18.4 Å². The Labute approximate surface area is 326 Å². The second-order valence-electron chi connectivity index (χ2n) is 16.4. The summed E-state index contributed by atoms with van der Waals surface area (Å²) in [6.07, 6.45) is 0. The lowest BCUT2D eigenvalue weighted by molar-refractivity contribution is 0.408. The minimum Gasteiger partial charge on any atom is -0.497 e. The number of methoxy groups -OCH3 is 2. The lowest BCUT2D eigenvalue weighted by Gasteiger charge is -2.28. The fourth-order valence-corrected chi connectivity index (χ4v) is 9.04. The second kappa shape index (κ2) is 14.7. The summed E-state index contributed by atoms with van der Waals surface area (Å²) in [6, 6.07) is 22.4. The van der Waals surface area contributed by atoms with E-state index in [0.29, 0.717) is 45.1 Å². The molecule has 0 unspecified atom stereocenters. The molecule has 0 saturated heterocycles. The van der Waals surface area contributed by atoms with Crippen molar-refractivity contribution >= 4 is 40.3 Å². The molecule has 0 aliphatic rings. The Bertz CT molecular complexity index is 2520. The number of rotatable bonds is 8. The van der Waals surface area contributed by atoms with E-state index in [0.717, 1.165) is 44.2 Å². The SMILES string of the molecule is COc1cc(-c2cc(OC)cc(C(C)(C)C)c2OS(=O)(=O)c2ccc(C)cc2)c(Op2oc3c(C)cc(C)cc3c3cc(C)cc(C)c3o2)c(C(C)(C)C)c1. The first kappa shape index (κ1) is 39.8. The lowest BCUT2D eigenvalue weighted by Crippen LogP contribution is -2.18. The van der Waals surface area contributed by atoms with E-state index in [2.05, 4.69) is 58.9 Å². The Hall–Kier alpha value is -4.85. The van der Waals surface area contributed by atoms with Crippen LogP contribution in [0.4, 0.5) is 0 Å². The van der Waals surface area contributed by atoms with E-state index >= 15 is 0 Å². The Morgan fingerprint density at radius 3 is 1.44 bits per heavy atom. The van der Waals surface area contributed by atoms with Crippen LogP contribution in [0.5, 0.6) is 23.0 Å². The standard InChI is InChI=1S/C45H51O8PS/c1-26-14-16-33(17-15-26)55(46,47)53-43-37(23-32(49-13)25-39(43)45(9,10)11)36-22-31(48-12)24-38(44(6,7)8)42(36)52-54-50-40-29(4)18-27(2)20-34(40)35-21-28(3)19-30(5)41(35)51-54/h14-25H,1-13H3. The van der Waals surface area contributed by atoms with Crippen LogP contribution in [0, 0.1) is 34.6 Å². The number of benzene rings is 5. The molecule has 0 N–H and O–H groups in total. The summed E-state index contributed by atoms with van der Waals surface area (Å²) in [6.45, 7) is 22.3. The summed E-state index contributed by atoms with van der Waals surface area (Å²) < 4.78 is 66.9. The molecule has 0 fully saturated rings. The molecule has 0 spiro atoms. The summed E-state index contributed by atoms with van der Waals surface area (Å²) in [7, 11) is -3.25. The summed E-state index contributed by atoms with van der Waals surface area (Å²) in [5.41, 5.74) is 7.68. The average molecular weight is 783 g/mol. The summed E-state index contributed by atoms with van der Waals surface area (Å²) >= 11 is 0. The fourth-order valence-electron chi connectivity index (χ4n) is 6.84. The summed E-state index contributed by atoms with van der Waals surface area (Å²) in [5.74, 6) is 1.64. The monoisotopic (exact) mass is 782 g/mol. The third-order valence-corrected chi connectivity index (χ3v) is 11.9. The van der Waals surface area contributed by atoms with Crippen LogP contribution in [-0.2, 0) is 20.9 Å². The zero-order chi connectivity index (χ0) is 40.2. The molecule has 0 saturated carbocycles. The molecule has 55 heavy (non-hydrogen) atoms. The van der Waals surface area contributed by atoms with Crippen molar-refractivity contribution in [3.63, 3.8) is 0 Å². The zero-order valence-corrected chi connectivity index (χ0v) is 35.8. The van der Waals surface area contributed by atoms with Crippen molar-refractivity contribution in [3.05, 3.63) is 112 Å². The van der Waals surface area contributed by atoms with Crippen LogP contribution in [0.3, 0.4) is 0 Å². The Morgan fingerprint density at radius 1 is 0.564 bits per heavy atom. The van der Waals surface area contributed by atoms with Crippen LogP contribution < -0.4 is 18.2 Å². The van der Waals surface area contributed by atoms with Crippen molar-refractivity contribution in [2.24, 2.45) is 0 Å². The first-order valence-corrected chi connectivity index (χ1v) is 20.7. The number of hydrogen-bond acceptors (Lipinski definition) is 8. The van der Waals surface area contributed by atoms with Gasteiger partial charge in [-0.1, -0.05) is 71.4 Å². The van der Waals surface area contributed by atoms with E-state index in [4.69, 9.17) is 26.6 Å². The van der Waals surface area contributed by atoms with Gasteiger partial charge in [-0.05, 0) is 116 Å². The van der Waals surface area contributed by atoms with Gasteiger partial charge in [0, 0.05) is 33.0 Å². The van der Waals surface area contributed by atoms with Crippen molar-refractivity contribution in [1.29, 1.82) is 0 Å². The summed E-state index contributed by atoms with van der Waals surface area (Å²) in [5, 5.41) is 1.86. The van der Waals surface area contributed by atoms with Gasteiger partial charge < -0.3 is 26.6 Å². The van der Waals surface area contributed by atoms with Crippen molar-refractivity contribution in [2.45, 2.75) is 91.9 Å². The molecule has 0 aliphatic heterocycles. The van der Waals surface area contributed by atoms with Gasteiger partial charge in [0.1, 0.15) is 33.3 Å². The maximum absolute atomic E-state index is 14.1. The van der Waals surface area contributed by atoms with Gasteiger partial charge in [-0.3, -0.25) is 0 Å². The van der Waals surface area contributed by atoms with Gasteiger partial charge in [-0.15, -0.1) is 0 Å². The quantitative estimate of drug-likeness (QED) is 0.141. The van der Waals surface area contributed by atoms with E-state index in [9.17, 15) is 8.42 Å². The Morgan fingerprint density at radius 2 is 1.00 bits per heavy atom. The zero-order valence-electron chi connectivity index (χ0n) is 34.0. The molecule has 0 amide bonds. The molecule has 6 rings (SSSR count). The van der Waals surface area contributed by atoms with Crippen LogP contribution >= 0.6 is 8.24 Å². The average Bonchev–Trinajstić information content (AvgIpc) is 3.24. The molecule has 6 aromatic rings. The van der Waals surface area contributed by atoms with E-state index in [1.165, 1.54) is 0 Å². The third kappa shape index (κ3) is 8.10. The maximum atomic E-state index is 14.1. The minimum absolute atomic E-state index is 0.0366. The first-order valence-electron chi connectivity index (χ1n) is 18.2. The first-order chi connectivity index (χ1) is 25.7. The molecular weight excluding hydrogens is 732 g/mol. The lowest BCUT2D eigenvalue weighted by atomic mass is 9.81. The van der Waals surface area contributed by atoms with Crippen LogP contribution in [0.25, 0.3) is 33.1 Å². The number of hydrogen-bond donors (Lipinski definition) is 0. The smallest absolute Gasteiger partial charge is 0.453 e. The molecule has 5 aromatic carbocycles. The van der Waals surface area contributed by atoms with Crippen molar-refractivity contribution in [3.8, 4) is 34.1 Å². The largest absolute Gasteiger partial charge is 0.497 e. The van der Waals surface area contributed by atoms with E-state index in [1.54, 1.807) is 44.6 Å². The molecule has 0 aliphatic carbocycles. The highest BCUT2D eigenvalue weighted by Crippen LogP contribution is 2.52. The third-order valence-electron chi connectivity index (χ3n) is 9.63. The van der Waals surface area contributed by atoms with Crippen molar-refractivity contribution in [1.82, 2.24) is 0 Å². The van der Waals surface area contributed by atoms with Gasteiger partial charge in [0.15, 0.2) is 5.75 Å². The van der Waals surface area contributed by atoms with Crippen LogP contribution in [0.15, 0.2) is 86.1 Å². The van der Waals surface area contributed by atoms with Gasteiger partial charge in [-0.25, -0.2) is 0 Å². The van der Waals surface area contributed by atoms with Crippen LogP contribution in [0.1, 0.15) is 80.5 Å². The highest BCUT2D eigenvalue weighted by atomic mass is 32.2. The minimum atomic E-state index is -4.30. The Kier molecular flexibility index (Phi) is 10.6. The second-order valence-corrected chi connectivity index (χ2v) is 18.9. The number of aryl methyl sites for hydroxylation is 5. The van der Waals surface area contributed by atoms with Gasteiger partial charge in [-0.2, -0.15) is 8.42 Å². The van der Waals surface area contributed by atoms with Crippen molar-refractivity contribution in [2.75, 3.05) is 14.2 Å². The number of fused-ring (bicyclic) bond motifs is 3. The topological polar surface area (TPSA) is 97.3 Å². The molecule has 0 radical (unpaired) electrons. The molecule has 290 valence electrons. The van der Waals surface area contributed by atoms with E-state index in [1.807, 2.05) is 59.7 Å². The predicted octanol–water partition coefficient (Wildman–Crippen LogP) is 12.7. The maximum Gasteiger partial charge on any atom is 0.453 e. The molecule has 1 heterocycles. The fraction of sp³-hybridized carbons (Fsp3) is 0.333. The van der Waals surface area contributed by atoms with Crippen LogP contribution in [0.2, 0.25) is 0 Å².